The molecule has 0 saturated heterocycles. The van der Waals surface area contributed by atoms with Gasteiger partial charge in [0.2, 0.25) is 0 Å². The highest BCUT2D eigenvalue weighted by molar-refractivity contribution is 5.82. The maximum atomic E-state index is 10.5. The van der Waals surface area contributed by atoms with Gasteiger partial charge in [0.05, 0.1) is 13.4 Å². The molecule has 4 heteroatoms. The van der Waals surface area contributed by atoms with E-state index in [1.165, 1.54) is 38.5 Å². The minimum Gasteiger partial charge on any atom is -0.466 e. The number of carbonyl (C=O) groups is 2. The van der Waals surface area contributed by atoms with Crippen molar-refractivity contribution in [1.82, 2.24) is 0 Å². The van der Waals surface area contributed by atoms with Crippen molar-refractivity contribution in [3.63, 3.8) is 0 Å². The van der Waals surface area contributed by atoms with Crippen LogP contribution in [0.2, 0.25) is 0 Å². The molecule has 0 saturated carbocycles. The fourth-order valence-electron chi connectivity index (χ4n) is 0.383. The third kappa shape index (κ3) is 6.54. The molecular formula is C8H10O4. The van der Waals surface area contributed by atoms with Gasteiger partial charge in [0.1, 0.15) is 0 Å². The predicted molar refractivity (Wildman–Crippen MR) is 42.1 cm³/mol. The van der Waals surface area contributed by atoms with E-state index in [4.69, 9.17) is 0 Å². The van der Waals surface area contributed by atoms with Crippen LogP contribution in [0.4, 0.5) is 0 Å². The van der Waals surface area contributed by atoms with E-state index in [9.17, 15) is 9.59 Å². The highest BCUT2D eigenvalue weighted by Gasteiger charge is 1.87. The highest BCUT2D eigenvalue weighted by Crippen LogP contribution is 1.82. The lowest BCUT2D eigenvalue weighted by atomic mass is 10.5. The topological polar surface area (TPSA) is 52.6 Å². The van der Waals surface area contributed by atoms with Crippen LogP contribution in [0.1, 0.15) is 6.92 Å². The normalized spacial score (nSPS) is 10.5. The molecule has 0 spiro atoms. The van der Waals surface area contributed by atoms with Gasteiger partial charge in [-0.25, -0.2) is 4.79 Å². The molecule has 0 aliphatic rings. The minimum atomic E-state index is -0.456. The predicted octanol–water partition coefficient (Wildman–Crippen LogP) is 0.792. The van der Waals surface area contributed by atoms with Crippen molar-refractivity contribution in [3.8, 4) is 0 Å². The van der Waals surface area contributed by atoms with Gasteiger partial charge in [-0.1, -0.05) is 6.08 Å². The number of hydrogen-bond donors (Lipinski definition) is 0. The van der Waals surface area contributed by atoms with Gasteiger partial charge < -0.3 is 9.47 Å². The van der Waals surface area contributed by atoms with Crippen LogP contribution >= 0.6 is 0 Å². The lowest BCUT2D eigenvalue weighted by molar-refractivity contribution is -0.136. The molecule has 0 N–H and O–H groups in total. The van der Waals surface area contributed by atoms with Crippen LogP contribution in [-0.2, 0) is 19.1 Å². The summed E-state index contributed by atoms with van der Waals surface area (Å²) in [6.07, 6.45) is 5.22. The third-order valence-electron chi connectivity index (χ3n) is 0.857. The smallest absolute Gasteiger partial charge is 0.330 e. The molecule has 0 heterocycles. The van der Waals surface area contributed by atoms with Crippen LogP contribution in [0.25, 0.3) is 0 Å². The lowest BCUT2D eigenvalue weighted by Gasteiger charge is -1.88. The number of hydrogen-bond acceptors (Lipinski definition) is 4. The van der Waals surface area contributed by atoms with Crippen molar-refractivity contribution >= 4 is 11.9 Å². The van der Waals surface area contributed by atoms with Gasteiger partial charge in [-0.05, 0) is 6.08 Å². The van der Waals surface area contributed by atoms with Crippen molar-refractivity contribution in [1.29, 1.82) is 0 Å². The zero-order chi connectivity index (χ0) is 9.40. The number of rotatable bonds is 3. The van der Waals surface area contributed by atoms with E-state index in [2.05, 4.69) is 9.47 Å². The average Bonchev–Trinajstić information content (AvgIpc) is 2.03. The van der Waals surface area contributed by atoms with Gasteiger partial charge in [-0.3, -0.25) is 4.79 Å². The van der Waals surface area contributed by atoms with Gasteiger partial charge in [0.25, 0.3) is 0 Å². The fourth-order valence-corrected chi connectivity index (χ4v) is 0.383. The average molecular weight is 170 g/mol. The van der Waals surface area contributed by atoms with Crippen molar-refractivity contribution < 1.29 is 19.1 Å². The van der Waals surface area contributed by atoms with E-state index in [0.717, 1.165) is 0 Å². The second kappa shape index (κ2) is 6.15. The molecule has 0 bridgehead atoms. The van der Waals surface area contributed by atoms with Crippen LogP contribution in [0.5, 0.6) is 0 Å². The van der Waals surface area contributed by atoms with E-state index >= 15 is 0 Å². The zero-order valence-electron chi connectivity index (χ0n) is 6.94. The Morgan fingerprint density at radius 1 is 1.25 bits per heavy atom. The van der Waals surface area contributed by atoms with Gasteiger partial charge in [0.15, 0.2) is 0 Å². The summed E-state index contributed by atoms with van der Waals surface area (Å²) in [6.45, 7) is 1.29. The summed E-state index contributed by atoms with van der Waals surface area (Å²) < 4.78 is 8.74. The molecule has 0 radical (unpaired) electrons. The van der Waals surface area contributed by atoms with Gasteiger partial charge >= 0.3 is 11.9 Å². The number of carbonyl (C=O) groups excluding carboxylic acids is 2. The minimum absolute atomic E-state index is 0.405. The van der Waals surface area contributed by atoms with Crippen molar-refractivity contribution in [2.75, 3.05) is 7.11 Å². The van der Waals surface area contributed by atoms with E-state index in [0.29, 0.717) is 0 Å². The summed E-state index contributed by atoms with van der Waals surface area (Å²) in [6, 6.07) is 0. The zero-order valence-corrected chi connectivity index (χ0v) is 6.94. The number of esters is 2. The SMILES string of the molecule is COC(=O)/C=C/C=C/OC(C)=O. The number of allylic oxidation sites excluding steroid dienone is 2. The van der Waals surface area contributed by atoms with Gasteiger partial charge in [-0.2, -0.15) is 0 Å². The van der Waals surface area contributed by atoms with Crippen molar-refractivity contribution in [2.24, 2.45) is 0 Å². The Morgan fingerprint density at radius 2 is 1.92 bits per heavy atom. The van der Waals surface area contributed by atoms with Crippen LogP contribution in [-0.4, -0.2) is 19.0 Å². The third-order valence-corrected chi connectivity index (χ3v) is 0.857. The second-order valence-corrected chi connectivity index (χ2v) is 1.82. The van der Waals surface area contributed by atoms with Crippen LogP contribution < -0.4 is 0 Å². The molecule has 0 aliphatic heterocycles. The van der Waals surface area contributed by atoms with Crippen molar-refractivity contribution in [3.05, 3.63) is 24.5 Å². The monoisotopic (exact) mass is 170 g/mol. The summed E-state index contributed by atoms with van der Waals surface area (Å²) in [5.41, 5.74) is 0. The molecular weight excluding hydrogens is 160 g/mol. The first-order chi connectivity index (χ1) is 5.66. The maximum Gasteiger partial charge on any atom is 0.330 e. The van der Waals surface area contributed by atoms with E-state index in [-0.39, 0.29) is 0 Å². The van der Waals surface area contributed by atoms with Crippen LogP contribution in [0.3, 0.4) is 0 Å². The first-order valence-corrected chi connectivity index (χ1v) is 3.25. The Morgan fingerprint density at radius 3 is 2.42 bits per heavy atom. The Balaban J connectivity index is 3.66. The molecule has 12 heavy (non-hydrogen) atoms. The van der Waals surface area contributed by atoms with Crippen LogP contribution in [0.15, 0.2) is 24.5 Å². The van der Waals surface area contributed by atoms with Crippen molar-refractivity contribution in [2.45, 2.75) is 6.92 Å². The number of ether oxygens (including phenoxy) is 2. The summed E-state index contributed by atoms with van der Waals surface area (Å²) in [4.78, 5) is 20.7. The van der Waals surface area contributed by atoms with Gasteiger partial charge in [-0.15, -0.1) is 0 Å². The summed E-state index contributed by atoms with van der Waals surface area (Å²) in [5.74, 6) is -0.861. The Bertz CT molecular complexity index is 215. The second-order valence-electron chi connectivity index (χ2n) is 1.82. The Hall–Kier alpha value is -1.58. The highest BCUT2D eigenvalue weighted by atomic mass is 16.5. The standard InChI is InChI=1S/C8H10O4/c1-7(9)12-6-4-3-5-8(10)11-2/h3-6H,1-2H3/b5-3+,6-4+. The molecule has 0 unspecified atom stereocenters. The molecule has 0 atom stereocenters. The molecule has 0 rings (SSSR count). The number of methoxy groups -OCH3 is 1. The Labute approximate surface area is 70.5 Å². The summed E-state index contributed by atoms with van der Waals surface area (Å²) >= 11 is 0. The van der Waals surface area contributed by atoms with Crippen LogP contribution in [0, 0.1) is 0 Å². The van der Waals surface area contributed by atoms with E-state index < -0.39 is 11.9 Å². The molecule has 0 fully saturated rings. The first kappa shape index (κ1) is 10.4. The van der Waals surface area contributed by atoms with E-state index in [1.54, 1.807) is 0 Å². The fraction of sp³-hybridized carbons (Fsp3) is 0.250. The largest absolute Gasteiger partial charge is 0.466 e. The summed E-state index contributed by atoms with van der Waals surface area (Å²) in [7, 11) is 1.28. The summed E-state index contributed by atoms with van der Waals surface area (Å²) in [5, 5.41) is 0. The Kier molecular flexibility index (Phi) is 5.34. The molecule has 0 aromatic heterocycles. The first-order valence-electron chi connectivity index (χ1n) is 3.25. The van der Waals surface area contributed by atoms with E-state index in [1.807, 2.05) is 0 Å². The maximum absolute atomic E-state index is 10.5. The quantitative estimate of drug-likeness (QED) is 0.272. The molecule has 0 aliphatic carbocycles. The lowest BCUT2D eigenvalue weighted by Crippen LogP contribution is -1.93. The molecule has 0 aromatic carbocycles. The molecule has 4 nitrogen and oxygen atoms in total. The molecule has 0 aromatic rings. The molecule has 66 valence electrons. The molecule has 0 amide bonds. The van der Waals surface area contributed by atoms with Gasteiger partial charge in [0, 0.05) is 13.0 Å².